The van der Waals surface area contributed by atoms with E-state index in [1.54, 1.807) is 24.3 Å². The number of rotatable bonds is 5. The Bertz CT molecular complexity index is 1030. The number of nitrogens with one attached hydrogen (secondary N) is 1. The third-order valence-electron chi connectivity index (χ3n) is 5.95. The number of hydrogen-bond acceptors (Lipinski definition) is 4. The first-order valence-corrected chi connectivity index (χ1v) is 11.2. The second-order valence-corrected chi connectivity index (χ2v) is 8.33. The number of carboxylic acid groups (broad SMARTS) is 1. The first-order chi connectivity index (χ1) is 16.3. The van der Waals surface area contributed by atoms with Gasteiger partial charge in [0, 0.05) is 44.2 Å². The Morgan fingerprint density at radius 3 is 2.56 bits per heavy atom. The van der Waals surface area contributed by atoms with Crippen LogP contribution >= 0.6 is 0 Å². The van der Waals surface area contributed by atoms with Gasteiger partial charge in [-0.25, -0.2) is 4.79 Å². The minimum absolute atomic E-state index is 0.0496. The Morgan fingerprint density at radius 2 is 1.88 bits per heavy atom. The SMILES string of the molecule is O=C(O)c1cccc(NC(=NCC2CCCO2)N2CCN(c3cccc(C(F)(F)F)c3)CC2)c1. The number of ether oxygens (including phenoxy) is 1. The molecule has 2 aromatic carbocycles. The van der Waals surface area contributed by atoms with E-state index in [4.69, 9.17) is 9.73 Å². The molecule has 1 atom stereocenters. The minimum Gasteiger partial charge on any atom is -0.478 e. The Balaban J connectivity index is 1.47. The molecule has 34 heavy (non-hydrogen) atoms. The number of nitrogens with zero attached hydrogens (tertiary/aromatic N) is 3. The summed E-state index contributed by atoms with van der Waals surface area (Å²) in [5.41, 5.74) is 0.643. The molecule has 2 heterocycles. The topological polar surface area (TPSA) is 77.4 Å². The fraction of sp³-hybridized carbons (Fsp3) is 0.417. The molecule has 0 aromatic heterocycles. The van der Waals surface area contributed by atoms with Crippen molar-refractivity contribution >= 4 is 23.3 Å². The third-order valence-corrected chi connectivity index (χ3v) is 5.95. The van der Waals surface area contributed by atoms with Gasteiger partial charge in [0.2, 0.25) is 0 Å². The van der Waals surface area contributed by atoms with Crippen molar-refractivity contribution in [1.29, 1.82) is 0 Å². The number of carbonyl (C=O) groups is 1. The number of benzene rings is 2. The molecule has 2 N–H and O–H groups in total. The summed E-state index contributed by atoms with van der Waals surface area (Å²) >= 11 is 0. The van der Waals surface area contributed by atoms with Crippen molar-refractivity contribution in [3.05, 3.63) is 59.7 Å². The first-order valence-electron chi connectivity index (χ1n) is 11.2. The average Bonchev–Trinajstić information content (AvgIpc) is 3.35. The molecular weight excluding hydrogens is 449 g/mol. The van der Waals surface area contributed by atoms with E-state index < -0.39 is 17.7 Å². The van der Waals surface area contributed by atoms with Crippen molar-refractivity contribution in [1.82, 2.24) is 4.90 Å². The van der Waals surface area contributed by atoms with Crippen molar-refractivity contribution in [3.8, 4) is 0 Å². The Morgan fingerprint density at radius 1 is 1.12 bits per heavy atom. The highest BCUT2D eigenvalue weighted by Gasteiger charge is 2.31. The third kappa shape index (κ3) is 5.99. The summed E-state index contributed by atoms with van der Waals surface area (Å²) in [6, 6.07) is 11.9. The van der Waals surface area contributed by atoms with E-state index in [1.807, 2.05) is 9.80 Å². The number of aromatic carboxylic acids is 1. The van der Waals surface area contributed by atoms with E-state index >= 15 is 0 Å². The maximum absolute atomic E-state index is 13.1. The van der Waals surface area contributed by atoms with Gasteiger partial charge < -0.3 is 25.0 Å². The summed E-state index contributed by atoms with van der Waals surface area (Å²) in [6.07, 6.45) is -2.39. The molecule has 2 aliphatic heterocycles. The first kappa shape index (κ1) is 23.9. The predicted octanol–water partition coefficient (Wildman–Crippen LogP) is 4.17. The van der Waals surface area contributed by atoms with Gasteiger partial charge in [0.05, 0.1) is 23.8 Å². The van der Waals surface area contributed by atoms with Crippen LogP contribution in [-0.4, -0.2) is 67.4 Å². The summed E-state index contributed by atoms with van der Waals surface area (Å²) < 4.78 is 45.0. The summed E-state index contributed by atoms with van der Waals surface area (Å²) in [5, 5.41) is 12.5. The van der Waals surface area contributed by atoms with Crippen LogP contribution in [0.3, 0.4) is 0 Å². The van der Waals surface area contributed by atoms with E-state index in [1.165, 1.54) is 18.2 Å². The molecule has 2 aromatic rings. The number of piperazine rings is 1. The zero-order valence-electron chi connectivity index (χ0n) is 18.6. The predicted molar refractivity (Wildman–Crippen MR) is 124 cm³/mol. The normalized spacial score (nSPS) is 19.4. The molecule has 0 spiro atoms. The molecule has 1 unspecified atom stereocenters. The van der Waals surface area contributed by atoms with E-state index in [0.717, 1.165) is 25.5 Å². The van der Waals surface area contributed by atoms with Gasteiger partial charge >= 0.3 is 12.1 Å². The lowest BCUT2D eigenvalue weighted by atomic mass is 10.1. The van der Waals surface area contributed by atoms with Crippen LogP contribution in [0.5, 0.6) is 0 Å². The highest BCUT2D eigenvalue weighted by Crippen LogP contribution is 2.32. The lowest BCUT2D eigenvalue weighted by Crippen LogP contribution is -2.51. The lowest BCUT2D eigenvalue weighted by Gasteiger charge is -2.38. The summed E-state index contributed by atoms with van der Waals surface area (Å²) in [4.78, 5) is 20.0. The van der Waals surface area contributed by atoms with Crippen LogP contribution in [0.4, 0.5) is 24.5 Å². The number of anilines is 2. The molecule has 0 amide bonds. The molecule has 0 aliphatic carbocycles. The van der Waals surface area contributed by atoms with Crippen molar-refractivity contribution < 1.29 is 27.8 Å². The molecule has 0 bridgehead atoms. The monoisotopic (exact) mass is 476 g/mol. The second kappa shape index (κ2) is 10.3. The number of carboxylic acids is 1. The van der Waals surface area contributed by atoms with Gasteiger partial charge in [-0.3, -0.25) is 4.99 Å². The van der Waals surface area contributed by atoms with Crippen molar-refractivity contribution in [2.75, 3.05) is 49.5 Å². The number of alkyl halides is 3. The van der Waals surface area contributed by atoms with Gasteiger partial charge in [0.25, 0.3) is 0 Å². The van der Waals surface area contributed by atoms with E-state index in [-0.39, 0.29) is 11.7 Å². The van der Waals surface area contributed by atoms with Crippen LogP contribution in [0.25, 0.3) is 0 Å². The van der Waals surface area contributed by atoms with Gasteiger partial charge in [-0.05, 0) is 49.2 Å². The Hall–Kier alpha value is -3.27. The van der Waals surface area contributed by atoms with E-state index in [9.17, 15) is 23.1 Å². The smallest absolute Gasteiger partial charge is 0.416 e. The van der Waals surface area contributed by atoms with Crippen LogP contribution in [0.1, 0.15) is 28.8 Å². The van der Waals surface area contributed by atoms with Gasteiger partial charge in [0.1, 0.15) is 0 Å². The fourth-order valence-corrected chi connectivity index (χ4v) is 4.11. The molecule has 182 valence electrons. The molecule has 0 radical (unpaired) electrons. The largest absolute Gasteiger partial charge is 0.478 e. The van der Waals surface area contributed by atoms with Crippen molar-refractivity contribution in [2.24, 2.45) is 4.99 Å². The molecule has 2 fully saturated rings. The second-order valence-electron chi connectivity index (χ2n) is 8.33. The standard InChI is InChI=1S/C24H27F3N4O3/c25-24(26,27)18-5-2-7-20(15-18)30-9-11-31(12-10-30)23(28-16-21-8-3-13-34-21)29-19-6-1-4-17(14-19)22(32)33/h1-2,4-7,14-15,21H,3,8-13,16H2,(H,28,29)(H,32,33). The van der Waals surface area contributed by atoms with Gasteiger partial charge in [0.15, 0.2) is 5.96 Å². The zero-order valence-corrected chi connectivity index (χ0v) is 18.6. The van der Waals surface area contributed by atoms with Crippen molar-refractivity contribution in [2.45, 2.75) is 25.1 Å². The maximum atomic E-state index is 13.1. The highest BCUT2D eigenvalue weighted by atomic mass is 19.4. The minimum atomic E-state index is -4.38. The van der Waals surface area contributed by atoms with Crippen LogP contribution < -0.4 is 10.2 Å². The fourth-order valence-electron chi connectivity index (χ4n) is 4.11. The molecule has 10 heteroatoms. The molecule has 0 saturated carbocycles. The molecule has 4 rings (SSSR count). The average molecular weight is 476 g/mol. The Labute approximate surface area is 195 Å². The Kier molecular flexibility index (Phi) is 7.26. The molecular formula is C24H27F3N4O3. The maximum Gasteiger partial charge on any atom is 0.416 e. The summed E-state index contributed by atoms with van der Waals surface area (Å²) in [7, 11) is 0. The summed E-state index contributed by atoms with van der Waals surface area (Å²) in [5.74, 6) is -0.419. The van der Waals surface area contributed by atoms with Gasteiger partial charge in [-0.2, -0.15) is 13.2 Å². The van der Waals surface area contributed by atoms with Crippen LogP contribution in [0.2, 0.25) is 0 Å². The van der Waals surface area contributed by atoms with Crippen LogP contribution in [0.15, 0.2) is 53.5 Å². The lowest BCUT2D eigenvalue weighted by molar-refractivity contribution is -0.137. The number of aliphatic imine (C=N–C) groups is 1. The quantitative estimate of drug-likeness (QED) is 0.498. The number of halogens is 3. The van der Waals surface area contributed by atoms with Gasteiger partial charge in [-0.15, -0.1) is 0 Å². The van der Waals surface area contributed by atoms with Crippen LogP contribution in [0, 0.1) is 0 Å². The number of guanidine groups is 1. The van der Waals surface area contributed by atoms with E-state index in [2.05, 4.69) is 5.32 Å². The molecule has 2 saturated heterocycles. The molecule has 7 nitrogen and oxygen atoms in total. The molecule has 2 aliphatic rings. The highest BCUT2D eigenvalue weighted by molar-refractivity contribution is 5.96. The van der Waals surface area contributed by atoms with E-state index in [0.29, 0.717) is 50.1 Å². The summed E-state index contributed by atoms with van der Waals surface area (Å²) in [6.45, 7) is 3.35. The van der Waals surface area contributed by atoms with Crippen LogP contribution in [-0.2, 0) is 10.9 Å². The zero-order chi connectivity index (χ0) is 24.1. The van der Waals surface area contributed by atoms with Gasteiger partial charge in [-0.1, -0.05) is 12.1 Å². The van der Waals surface area contributed by atoms with Crippen molar-refractivity contribution in [3.63, 3.8) is 0 Å². The number of hydrogen-bond donors (Lipinski definition) is 2.